The van der Waals surface area contributed by atoms with Crippen LogP contribution in [-0.2, 0) is 4.74 Å². The van der Waals surface area contributed by atoms with E-state index in [0.717, 1.165) is 50.2 Å². The van der Waals surface area contributed by atoms with E-state index in [9.17, 15) is 9.18 Å². The highest BCUT2D eigenvalue weighted by Gasteiger charge is 2.34. The smallest absolute Gasteiger partial charge is 0.356 e. The number of ether oxygens (including phenoxy) is 2. The first-order chi connectivity index (χ1) is 15.6. The van der Waals surface area contributed by atoms with Gasteiger partial charge < -0.3 is 18.9 Å². The molecule has 0 saturated carbocycles. The van der Waals surface area contributed by atoms with Crippen LogP contribution in [0.1, 0.15) is 23.3 Å². The minimum absolute atomic E-state index is 0.241. The zero-order valence-electron chi connectivity index (χ0n) is 17.9. The van der Waals surface area contributed by atoms with Crippen LogP contribution in [0.4, 0.5) is 10.2 Å². The first kappa shape index (κ1) is 20.7. The number of hydrogen-bond donors (Lipinski definition) is 0. The molecule has 5 rings (SSSR count). The fraction of sp³-hybridized carbons (Fsp3) is 0.435. The van der Waals surface area contributed by atoms with Gasteiger partial charge in [-0.05, 0) is 37.1 Å². The lowest BCUT2D eigenvalue weighted by atomic mass is 9.91. The molecule has 2 fully saturated rings. The van der Waals surface area contributed by atoms with Gasteiger partial charge >= 0.3 is 5.97 Å². The molecular weight excluding hydrogens is 415 g/mol. The maximum Gasteiger partial charge on any atom is 0.356 e. The molecule has 4 heterocycles. The molecule has 0 amide bonds. The Kier molecular flexibility index (Phi) is 5.65. The van der Waals surface area contributed by atoms with Gasteiger partial charge in [-0.2, -0.15) is 0 Å². The van der Waals surface area contributed by atoms with Crippen LogP contribution in [-0.4, -0.2) is 66.9 Å². The molecule has 1 aromatic carbocycles. The lowest BCUT2D eigenvalue weighted by Gasteiger charge is -2.46. The molecule has 0 aliphatic carbocycles. The topological polar surface area (TPSA) is 80.9 Å². The minimum Gasteiger partial charge on any atom is -0.477 e. The predicted molar refractivity (Wildman–Crippen MR) is 115 cm³/mol. The van der Waals surface area contributed by atoms with Crippen molar-refractivity contribution < 1.29 is 23.2 Å². The molecule has 0 N–H and O–H groups in total. The van der Waals surface area contributed by atoms with Crippen molar-refractivity contribution in [2.75, 3.05) is 44.8 Å². The van der Waals surface area contributed by atoms with Gasteiger partial charge in [0, 0.05) is 44.2 Å². The Morgan fingerprint density at radius 2 is 2.12 bits per heavy atom. The van der Waals surface area contributed by atoms with E-state index in [1.807, 2.05) is 0 Å². The maximum atomic E-state index is 13.7. The summed E-state index contributed by atoms with van der Waals surface area (Å²) in [7, 11) is 1.33. The molecule has 2 aliphatic heterocycles. The van der Waals surface area contributed by atoms with Crippen LogP contribution in [0, 0.1) is 11.7 Å². The lowest BCUT2D eigenvalue weighted by molar-refractivity contribution is 0.0589. The van der Waals surface area contributed by atoms with E-state index >= 15 is 0 Å². The number of rotatable bonds is 5. The minimum atomic E-state index is -0.476. The van der Waals surface area contributed by atoms with Crippen molar-refractivity contribution in [1.29, 1.82) is 0 Å². The van der Waals surface area contributed by atoms with Gasteiger partial charge in [-0.1, -0.05) is 11.2 Å². The number of aromatic nitrogens is 2. The van der Waals surface area contributed by atoms with Crippen LogP contribution in [0.2, 0.25) is 0 Å². The van der Waals surface area contributed by atoms with Gasteiger partial charge in [0.25, 0.3) is 0 Å². The second-order valence-corrected chi connectivity index (χ2v) is 8.35. The number of anilines is 1. The largest absolute Gasteiger partial charge is 0.477 e. The number of piperidine rings is 1. The average molecular weight is 440 g/mol. The molecule has 8 nitrogen and oxygen atoms in total. The number of fused-ring (bicyclic) bond motifs is 2. The third-order valence-electron chi connectivity index (χ3n) is 6.30. The SMILES string of the molecule is COC(=O)c1cccc(OC[C@@H]2CC[C@@H]3CN(c4noc5ccc(F)cc45)CCN3C2)n1. The zero-order valence-corrected chi connectivity index (χ0v) is 17.9. The maximum absolute atomic E-state index is 13.7. The summed E-state index contributed by atoms with van der Waals surface area (Å²) in [5.41, 5.74) is 0.847. The molecule has 168 valence electrons. The van der Waals surface area contributed by atoms with E-state index in [0.29, 0.717) is 30.0 Å². The summed E-state index contributed by atoms with van der Waals surface area (Å²) in [6, 6.07) is 10.0. The highest BCUT2D eigenvalue weighted by atomic mass is 19.1. The van der Waals surface area contributed by atoms with Crippen molar-refractivity contribution in [2.45, 2.75) is 18.9 Å². The summed E-state index contributed by atoms with van der Waals surface area (Å²) in [5.74, 6) is 0.790. The van der Waals surface area contributed by atoms with Gasteiger partial charge in [-0.15, -0.1) is 0 Å². The molecule has 3 aromatic rings. The Morgan fingerprint density at radius 1 is 1.22 bits per heavy atom. The Morgan fingerprint density at radius 3 is 3.00 bits per heavy atom. The molecule has 0 spiro atoms. The molecule has 0 radical (unpaired) electrons. The molecule has 2 aromatic heterocycles. The number of methoxy groups -OCH3 is 1. The van der Waals surface area contributed by atoms with Crippen molar-refractivity contribution in [3.63, 3.8) is 0 Å². The van der Waals surface area contributed by atoms with Crippen molar-refractivity contribution in [3.8, 4) is 5.88 Å². The van der Waals surface area contributed by atoms with Gasteiger partial charge in [0.05, 0.1) is 19.1 Å². The molecule has 2 aliphatic rings. The average Bonchev–Trinajstić information content (AvgIpc) is 3.25. The molecule has 32 heavy (non-hydrogen) atoms. The molecule has 0 bridgehead atoms. The monoisotopic (exact) mass is 440 g/mol. The number of hydrogen-bond acceptors (Lipinski definition) is 8. The fourth-order valence-electron chi connectivity index (χ4n) is 4.63. The molecule has 2 saturated heterocycles. The van der Waals surface area contributed by atoms with Gasteiger partial charge in [0.15, 0.2) is 17.1 Å². The first-order valence-electron chi connectivity index (χ1n) is 10.8. The number of pyridine rings is 1. The van der Waals surface area contributed by atoms with Gasteiger partial charge in [-0.3, -0.25) is 4.90 Å². The van der Waals surface area contributed by atoms with Crippen LogP contribution in [0.3, 0.4) is 0 Å². The Labute approximate surface area is 184 Å². The summed E-state index contributed by atoms with van der Waals surface area (Å²) >= 11 is 0. The Balaban J connectivity index is 1.18. The third-order valence-corrected chi connectivity index (χ3v) is 6.30. The van der Waals surface area contributed by atoms with Gasteiger partial charge in [0.1, 0.15) is 5.82 Å². The van der Waals surface area contributed by atoms with Crippen LogP contribution in [0.5, 0.6) is 5.88 Å². The van der Waals surface area contributed by atoms with E-state index in [2.05, 4.69) is 19.9 Å². The van der Waals surface area contributed by atoms with Gasteiger partial charge in [0.2, 0.25) is 5.88 Å². The first-order valence-corrected chi connectivity index (χ1v) is 10.8. The van der Waals surface area contributed by atoms with E-state index in [4.69, 9.17) is 14.0 Å². The van der Waals surface area contributed by atoms with Gasteiger partial charge in [-0.25, -0.2) is 14.2 Å². The van der Waals surface area contributed by atoms with Crippen molar-refractivity contribution in [3.05, 3.63) is 47.9 Å². The Hall–Kier alpha value is -3.20. The standard InChI is InChI=1S/C23H25FN4O4/c1-30-23(29)19-3-2-4-21(25-19)31-14-15-5-7-17-13-28(10-9-27(17)12-15)22-18-11-16(24)6-8-20(18)32-26-22/h2-4,6,8,11,15,17H,5,7,9-10,12-14H2,1H3/t15-,17-/m1/s1. The molecule has 0 unspecified atom stereocenters. The van der Waals surface area contributed by atoms with E-state index in [1.54, 1.807) is 24.3 Å². The summed E-state index contributed by atoms with van der Waals surface area (Å²) in [6.07, 6.45) is 2.09. The summed E-state index contributed by atoms with van der Waals surface area (Å²) < 4.78 is 29.7. The summed E-state index contributed by atoms with van der Waals surface area (Å²) in [6.45, 7) is 4.06. The number of carbonyl (C=O) groups excluding carboxylic acids is 1. The second-order valence-electron chi connectivity index (χ2n) is 8.35. The molecule has 9 heteroatoms. The van der Waals surface area contributed by atoms with E-state index < -0.39 is 5.97 Å². The zero-order chi connectivity index (χ0) is 22.1. The number of halogens is 1. The number of nitrogens with zero attached hydrogens (tertiary/aromatic N) is 4. The molecule has 2 atom stereocenters. The summed E-state index contributed by atoms with van der Waals surface area (Å²) in [5, 5.41) is 4.93. The van der Waals surface area contributed by atoms with E-state index in [-0.39, 0.29) is 11.5 Å². The van der Waals surface area contributed by atoms with Crippen LogP contribution in [0.25, 0.3) is 11.0 Å². The van der Waals surface area contributed by atoms with Crippen LogP contribution < -0.4 is 9.64 Å². The summed E-state index contributed by atoms with van der Waals surface area (Å²) in [4.78, 5) is 20.6. The third kappa shape index (κ3) is 4.12. The van der Waals surface area contributed by atoms with Crippen LogP contribution >= 0.6 is 0 Å². The van der Waals surface area contributed by atoms with Crippen LogP contribution in [0.15, 0.2) is 40.9 Å². The lowest BCUT2D eigenvalue weighted by Crippen LogP contribution is -2.57. The number of piperazine rings is 1. The van der Waals surface area contributed by atoms with Crippen molar-refractivity contribution >= 4 is 22.8 Å². The quantitative estimate of drug-likeness (QED) is 0.560. The normalized spacial score (nSPS) is 21.4. The number of esters is 1. The fourth-order valence-corrected chi connectivity index (χ4v) is 4.63. The number of carbonyl (C=O) groups is 1. The highest BCUT2D eigenvalue weighted by molar-refractivity contribution is 5.88. The Bertz CT molecular complexity index is 1120. The van der Waals surface area contributed by atoms with E-state index in [1.165, 1.54) is 19.2 Å². The highest BCUT2D eigenvalue weighted by Crippen LogP contribution is 2.31. The predicted octanol–water partition coefficient (Wildman–Crippen LogP) is 3.13. The number of benzene rings is 1. The van der Waals surface area contributed by atoms with Crippen molar-refractivity contribution in [1.82, 2.24) is 15.0 Å². The molecular formula is C23H25FN4O4. The second kappa shape index (κ2) is 8.74. The van der Waals surface area contributed by atoms with Crippen molar-refractivity contribution in [2.24, 2.45) is 5.92 Å².